The van der Waals surface area contributed by atoms with Crippen LogP contribution in [0.1, 0.15) is 91.9 Å². The maximum Gasteiger partial charge on any atom is 0.331 e. The van der Waals surface area contributed by atoms with Gasteiger partial charge < -0.3 is 20.4 Å². The number of aliphatic hydroxyl groups is 3. The minimum atomic E-state index is -0.883. The van der Waals surface area contributed by atoms with E-state index in [4.69, 9.17) is 0 Å². The Bertz CT molecular complexity index is 759. The highest BCUT2D eigenvalue weighted by Crippen LogP contribution is 2.68. The molecule has 182 valence electrons. The summed E-state index contributed by atoms with van der Waals surface area (Å²) in [6.45, 7) is 8.88. The fourth-order valence-corrected chi connectivity index (χ4v) is 8.71. The smallest absolute Gasteiger partial charge is 0.331 e. The molecule has 4 N–H and O–H groups in total. The predicted octanol–water partition coefficient (Wildman–Crippen LogP) is 4.54. The fraction of sp³-hybridized carbons (Fsp3) is 0.889. The Labute approximate surface area is 193 Å². The molecule has 5 heteroatoms. The van der Waals surface area contributed by atoms with Gasteiger partial charge in [-0.2, -0.15) is 0 Å². The van der Waals surface area contributed by atoms with Crippen molar-refractivity contribution in [3.63, 3.8) is 0 Å². The fourth-order valence-electron chi connectivity index (χ4n) is 8.71. The zero-order valence-electron chi connectivity index (χ0n) is 20.4. The summed E-state index contributed by atoms with van der Waals surface area (Å²) in [7, 11) is 0. The van der Waals surface area contributed by atoms with Crippen LogP contribution in [-0.2, 0) is 4.79 Å². The monoisotopic (exact) mass is 448 g/mol. The third-order valence-corrected chi connectivity index (χ3v) is 10.2. The highest BCUT2D eigenvalue weighted by molar-refractivity contribution is 5.88. The van der Waals surface area contributed by atoms with Crippen molar-refractivity contribution in [2.45, 2.75) is 110 Å². The molecule has 0 aromatic heterocycles. The largest absolute Gasteiger partial charge is 0.478 e. The van der Waals surface area contributed by atoms with Crippen molar-refractivity contribution in [3.05, 3.63) is 11.1 Å². The number of aliphatic hydroxyl groups excluding tert-OH is 3. The predicted molar refractivity (Wildman–Crippen MR) is 124 cm³/mol. The molecule has 0 aromatic rings. The second-order valence-corrected chi connectivity index (χ2v) is 12.4. The van der Waals surface area contributed by atoms with Crippen molar-refractivity contribution in [3.8, 4) is 0 Å². The standard InChI is InChI=1S/C27H44O5/c1-15(2)6-5-7-18(25(31)32)23-19-8-9-20-24(27(19,4)14-22(23)30)21(29)13-16-12-17(28)10-11-26(16,20)3/h15-17,19-22,24,28-30H,5-14H2,1-4H3,(H,31,32)/b23-18-/t16?,17-,19?,20?,21?,22?,24?,26?,27?/m1/s1. The minimum Gasteiger partial charge on any atom is -0.478 e. The van der Waals surface area contributed by atoms with E-state index >= 15 is 0 Å². The van der Waals surface area contributed by atoms with Gasteiger partial charge in [-0.1, -0.05) is 34.1 Å². The van der Waals surface area contributed by atoms with E-state index in [1.807, 2.05) is 0 Å². The molecule has 4 aliphatic rings. The highest BCUT2D eigenvalue weighted by Gasteiger charge is 2.64. The van der Waals surface area contributed by atoms with Gasteiger partial charge in [-0.15, -0.1) is 0 Å². The molecule has 0 bridgehead atoms. The summed E-state index contributed by atoms with van der Waals surface area (Å²) in [6.07, 6.45) is 6.64. The Morgan fingerprint density at radius 2 is 1.78 bits per heavy atom. The number of fused-ring (bicyclic) bond motifs is 5. The van der Waals surface area contributed by atoms with Gasteiger partial charge in [0.15, 0.2) is 0 Å². The lowest BCUT2D eigenvalue weighted by molar-refractivity contribution is -0.179. The van der Waals surface area contributed by atoms with E-state index in [0.29, 0.717) is 42.6 Å². The number of carboxylic acids is 1. The summed E-state index contributed by atoms with van der Waals surface area (Å²) < 4.78 is 0. The molecule has 8 unspecified atom stereocenters. The van der Waals surface area contributed by atoms with Crippen molar-refractivity contribution in [1.29, 1.82) is 0 Å². The Hall–Kier alpha value is -0.910. The molecule has 0 heterocycles. The SMILES string of the molecule is CC(C)CCC/C(C(=O)O)=C1/C(O)CC2(C)C1CCC1C2C(O)CC2C[C@H](O)CCC21C. The third-order valence-electron chi connectivity index (χ3n) is 10.2. The van der Waals surface area contributed by atoms with Crippen LogP contribution in [0.3, 0.4) is 0 Å². The molecule has 9 atom stereocenters. The van der Waals surface area contributed by atoms with E-state index in [1.54, 1.807) is 0 Å². The molecule has 0 amide bonds. The van der Waals surface area contributed by atoms with E-state index in [2.05, 4.69) is 27.7 Å². The first-order valence-electron chi connectivity index (χ1n) is 13.0. The zero-order valence-corrected chi connectivity index (χ0v) is 20.4. The molecule has 4 fully saturated rings. The Balaban J connectivity index is 1.67. The quantitative estimate of drug-likeness (QED) is 0.463. The number of carbonyl (C=O) groups is 1. The molecule has 4 aliphatic carbocycles. The molecule has 0 saturated heterocycles. The normalized spacial score (nSPS) is 47.6. The number of hydrogen-bond acceptors (Lipinski definition) is 4. The number of hydrogen-bond donors (Lipinski definition) is 4. The van der Waals surface area contributed by atoms with Gasteiger partial charge in [-0.25, -0.2) is 4.79 Å². The van der Waals surface area contributed by atoms with E-state index in [1.165, 1.54) is 0 Å². The van der Waals surface area contributed by atoms with Crippen LogP contribution in [0.5, 0.6) is 0 Å². The van der Waals surface area contributed by atoms with Crippen LogP contribution in [-0.4, -0.2) is 44.7 Å². The molecule has 0 radical (unpaired) electrons. The van der Waals surface area contributed by atoms with Gasteiger partial charge in [0.05, 0.1) is 18.3 Å². The lowest BCUT2D eigenvalue weighted by Gasteiger charge is -2.62. The molecule has 0 aliphatic heterocycles. The van der Waals surface area contributed by atoms with Gasteiger partial charge in [0.25, 0.3) is 0 Å². The van der Waals surface area contributed by atoms with Gasteiger partial charge >= 0.3 is 5.97 Å². The van der Waals surface area contributed by atoms with E-state index in [-0.39, 0.29) is 28.8 Å². The van der Waals surface area contributed by atoms with Crippen molar-refractivity contribution in [1.82, 2.24) is 0 Å². The molecule has 4 saturated carbocycles. The lowest BCUT2D eigenvalue weighted by Crippen LogP contribution is -2.59. The molecule has 32 heavy (non-hydrogen) atoms. The van der Waals surface area contributed by atoms with Crippen molar-refractivity contribution in [2.75, 3.05) is 0 Å². The van der Waals surface area contributed by atoms with Crippen LogP contribution in [0.2, 0.25) is 0 Å². The van der Waals surface area contributed by atoms with E-state index < -0.39 is 18.2 Å². The van der Waals surface area contributed by atoms with Crippen LogP contribution >= 0.6 is 0 Å². The van der Waals surface area contributed by atoms with Crippen LogP contribution in [0.15, 0.2) is 11.1 Å². The summed E-state index contributed by atoms with van der Waals surface area (Å²) in [4.78, 5) is 12.3. The molecule has 0 spiro atoms. The van der Waals surface area contributed by atoms with Gasteiger partial charge in [0, 0.05) is 5.57 Å². The second kappa shape index (κ2) is 8.70. The third kappa shape index (κ3) is 3.86. The zero-order chi connectivity index (χ0) is 23.4. The van der Waals surface area contributed by atoms with Crippen LogP contribution < -0.4 is 0 Å². The van der Waals surface area contributed by atoms with Crippen LogP contribution in [0, 0.1) is 40.4 Å². The molecular formula is C27H44O5. The van der Waals surface area contributed by atoms with E-state index in [0.717, 1.165) is 50.5 Å². The molecule has 5 nitrogen and oxygen atoms in total. The summed E-state index contributed by atoms with van der Waals surface area (Å²) in [5.41, 5.74) is 1.03. The number of rotatable bonds is 5. The second-order valence-electron chi connectivity index (χ2n) is 12.4. The topological polar surface area (TPSA) is 98.0 Å². The maximum atomic E-state index is 12.3. The number of carboxylic acid groups (broad SMARTS) is 1. The molecule has 0 aromatic carbocycles. The summed E-state index contributed by atoms with van der Waals surface area (Å²) >= 11 is 0. The first-order chi connectivity index (χ1) is 15.0. The van der Waals surface area contributed by atoms with Gasteiger partial charge in [0.2, 0.25) is 0 Å². The minimum absolute atomic E-state index is 0.0351. The lowest BCUT2D eigenvalue weighted by atomic mass is 9.43. The van der Waals surface area contributed by atoms with Crippen molar-refractivity contribution in [2.24, 2.45) is 40.4 Å². The van der Waals surface area contributed by atoms with Crippen molar-refractivity contribution < 1.29 is 25.2 Å². The Morgan fingerprint density at radius 3 is 2.44 bits per heavy atom. The number of aliphatic carboxylic acids is 1. The van der Waals surface area contributed by atoms with Crippen LogP contribution in [0.25, 0.3) is 0 Å². The average Bonchev–Trinajstić information content (AvgIpc) is 2.96. The van der Waals surface area contributed by atoms with Crippen molar-refractivity contribution >= 4 is 5.97 Å². The highest BCUT2D eigenvalue weighted by atomic mass is 16.4. The van der Waals surface area contributed by atoms with Gasteiger partial charge in [0.1, 0.15) is 0 Å². The van der Waals surface area contributed by atoms with Gasteiger partial charge in [-0.05, 0) is 104 Å². The summed E-state index contributed by atoms with van der Waals surface area (Å²) in [5.74, 6) is 0.472. The Morgan fingerprint density at radius 1 is 1.06 bits per heavy atom. The van der Waals surface area contributed by atoms with E-state index in [9.17, 15) is 25.2 Å². The first kappa shape index (κ1) is 24.2. The van der Waals surface area contributed by atoms with Crippen LogP contribution in [0.4, 0.5) is 0 Å². The maximum absolute atomic E-state index is 12.3. The van der Waals surface area contributed by atoms with Gasteiger partial charge in [-0.3, -0.25) is 0 Å². The first-order valence-corrected chi connectivity index (χ1v) is 13.0. The average molecular weight is 449 g/mol. The summed E-state index contributed by atoms with van der Waals surface area (Å²) in [6, 6.07) is 0. The Kier molecular flexibility index (Phi) is 6.59. The summed E-state index contributed by atoms with van der Waals surface area (Å²) in [5, 5.41) is 42.9. The molecule has 4 rings (SSSR count). The molecular weight excluding hydrogens is 404 g/mol.